The van der Waals surface area contributed by atoms with Crippen LogP contribution in [0.4, 0.5) is 0 Å². The molecule has 2 rings (SSSR count). The average molecular weight is 196 g/mol. The molecule has 11 heavy (non-hydrogen) atoms. The second-order valence-corrected chi connectivity index (χ2v) is 2.18. The summed E-state index contributed by atoms with van der Waals surface area (Å²) in [5.41, 5.74) is 0. The summed E-state index contributed by atoms with van der Waals surface area (Å²) >= 11 is 0. The van der Waals surface area contributed by atoms with Crippen molar-refractivity contribution in [2.45, 2.75) is 12.8 Å². The fourth-order valence-corrected chi connectivity index (χ4v) is 0.786. The van der Waals surface area contributed by atoms with E-state index in [1.54, 1.807) is 0 Å². The number of rotatable bonds is 0. The van der Waals surface area contributed by atoms with Gasteiger partial charge in [0.2, 0.25) is 0 Å². The van der Waals surface area contributed by atoms with E-state index >= 15 is 0 Å². The molecule has 0 nitrogen and oxygen atoms in total. The van der Waals surface area contributed by atoms with Crippen LogP contribution in [0.2, 0.25) is 0 Å². The molecule has 0 aromatic heterocycles. The van der Waals surface area contributed by atoms with Gasteiger partial charge in [0.25, 0.3) is 0 Å². The molecule has 0 spiro atoms. The van der Waals surface area contributed by atoms with Gasteiger partial charge in [0, 0.05) is 17.1 Å². The minimum Gasteiger partial charge on any atom is -0.0808 e. The molecule has 1 heteroatoms. The zero-order chi connectivity index (χ0) is 7.07. The maximum absolute atomic E-state index is 2.12. The van der Waals surface area contributed by atoms with Gasteiger partial charge in [0.15, 0.2) is 0 Å². The Morgan fingerprint density at radius 3 is 0.909 bits per heavy atom. The molecular weight excluding hydrogens is 184 g/mol. The molecule has 0 fully saturated rings. The Bertz CT molecular complexity index is 143. The third-order valence-corrected chi connectivity index (χ3v) is 1.31. The van der Waals surface area contributed by atoms with Crippen molar-refractivity contribution in [2.75, 3.05) is 0 Å². The largest absolute Gasteiger partial charge is 0.0808 e. The summed E-state index contributed by atoms with van der Waals surface area (Å²) in [6.45, 7) is 0. The molecule has 0 saturated carbocycles. The Hall–Kier alpha value is -0.521. The van der Waals surface area contributed by atoms with Crippen LogP contribution in [-0.2, 0) is 17.1 Å². The molecule has 0 N–H and O–H groups in total. The van der Waals surface area contributed by atoms with E-state index in [0.29, 0.717) is 0 Å². The first-order valence-electron chi connectivity index (χ1n) is 3.63. The van der Waals surface area contributed by atoms with E-state index in [1.165, 1.54) is 0 Å². The van der Waals surface area contributed by atoms with Crippen molar-refractivity contribution in [2.24, 2.45) is 0 Å². The van der Waals surface area contributed by atoms with E-state index in [4.69, 9.17) is 0 Å². The van der Waals surface area contributed by atoms with Gasteiger partial charge < -0.3 is 0 Å². The molecule has 0 amide bonds. The van der Waals surface area contributed by atoms with Crippen molar-refractivity contribution < 1.29 is 17.1 Å². The van der Waals surface area contributed by atoms with Gasteiger partial charge in [0.05, 0.1) is 0 Å². The summed E-state index contributed by atoms with van der Waals surface area (Å²) in [4.78, 5) is 0. The van der Waals surface area contributed by atoms with Crippen LogP contribution < -0.4 is 0 Å². The molecular formula is C10H12Cu. The van der Waals surface area contributed by atoms with Gasteiger partial charge in [-0.05, 0) is 12.8 Å². The summed E-state index contributed by atoms with van der Waals surface area (Å²) in [6, 6.07) is 0. The van der Waals surface area contributed by atoms with Gasteiger partial charge in [-0.3, -0.25) is 0 Å². The van der Waals surface area contributed by atoms with Crippen LogP contribution in [0.5, 0.6) is 0 Å². The van der Waals surface area contributed by atoms with Crippen molar-refractivity contribution in [3.8, 4) is 0 Å². The van der Waals surface area contributed by atoms with Crippen LogP contribution in [0.25, 0.3) is 0 Å². The molecule has 0 saturated heterocycles. The van der Waals surface area contributed by atoms with E-state index in [2.05, 4.69) is 48.6 Å². The Morgan fingerprint density at radius 1 is 0.545 bits per heavy atom. The monoisotopic (exact) mass is 195 g/mol. The summed E-state index contributed by atoms with van der Waals surface area (Å²) in [6.07, 6.45) is 19.0. The van der Waals surface area contributed by atoms with Crippen LogP contribution in [0, 0.1) is 0 Å². The third kappa shape index (κ3) is 5.90. The van der Waals surface area contributed by atoms with Crippen molar-refractivity contribution >= 4 is 0 Å². The predicted molar refractivity (Wildman–Crippen MR) is 45.8 cm³/mol. The van der Waals surface area contributed by atoms with Crippen LogP contribution in [0.3, 0.4) is 0 Å². The molecule has 0 bridgehead atoms. The fourth-order valence-electron chi connectivity index (χ4n) is 0.786. The number of allylic oxidation sites excluding steroid dienone is 8. The molecule has 2 aliphatic rings. The standard InChI is InChI=1S/2C5H6.Cu/c2*1-2-4-5-3-1;/h2*1-4H,5H2;. The molecule has 0 aliphatic heterocycles. The van der Waals surface area contributed by atoms with Gasteiger partial charge in [-0.1, -0.05) is 48.6 Å². The fraction of sp³-hybridized carbons (Fsp3) is 0.200. The number of hydrogen-bond donors (Lipinski definition) is 0. The van der Waals surface area contributed by atoms with Crippen molar-refractivity contribution in [1.29, 1.82) is 0 Å². The Kier molecular flexibility index (Phi) is 7.23. The van der Waals surface area contributed by atoms with Crippen LogP contribution >= 0.6 is 0 Å². The summed E-state index contributed by atoms with van der Waals surface area (Å²) in [5.74, 6) is 0. The molecule has 63 valence electrons. The molecule has 0 atom stereocenters. The van der Waals surface area contributed by atoms with E-state index in [0.717, 1.165) is 12.8 Å². The van der Waals surface area contributed by atoms with E-state index < -0.39 is 0 Å². The zero-order valence-electron chi connectivity index (χ0n) is 6.33. The summed E-state index contributed by atoms with van der Waals surface area (Å²) < 4.78 is 0. The maximum atomic E-state index is 2.12. The third-order valence-electron chi connectivity index (χ3n) is 1.31. The van der Waals surface area contributed by atoms with Gasteiger partial charge in [-0.25, -0.2) is 0 Å². The number of hydrogen-bond acceptors (Lipinski definition) is 0. The molecule has 0 unspecified atom stereocenters. The van der Waals surface area contributed by atoms with Crippen molar-refractivity contribution in [3.63, 3.8) is 0 Å². The van der Waals surface area contributed by atoms with E-state index in [1.807, 2.05) is 0 Å². The summed E-state index contributed by atoms with van der Waals surface area (Å²) in [5, 5.41) is 0. The van der Waals surface area contributed by atoms with Gasteiger partial charge in [-0.15, -0.1) is 0 Å². The predicted octanol–water partition coefficient (Wildman–Crippen LogP) is 3.00. The molecule has 0 aromatic carbocycles. The molecule has 2 aliphatic carbocycles. The minimum absolute atomic E-state index is 0. The summed E-state index contributed by atoms with van der Waals surface area (Å²) in [7, 11) is 0. The first kappa shape index (κ1) is 10.5. The maximum Gasteiger partial charge on any atom is 0 e. The Labute approximate surface area is 78.9 Å². The van der Waals surface area contributed by atoms with Crippen molar-refractivity contribution in [3.05, 3.63) is 48.6 Å². The van der Waals surface area contributed by atoms with E-state index in [9.17, 15) is 0 Å². The van der Waals surface area contributed by atoms with E-state index in [-0.39, 0.29) is 17.1 Å². The first-order valence-corrected chi connectivity index (χ1v) is 3.63. The topological polar surface area (TPSA) is 0 Å². The second-order valence-electron chi connectivity index (χ2n) is 2.18. The molecule has 0 aromatic rings. The van der Waals surface area contributed by atoms with Gasteiger partial charge in [-0.2, -0.15) is 0 Å². The van der Waals surface area contributed by atoms with Crippen LogP contribution in [0.1, 0.15) is 12.8 Å². The average Bonchev–Trinajstić information content (AvgIpc) is 2.67. The Balaban J connectivity index is 0.000000167. The van der Waals surface area contributed by atoms with Crippen LogP contribution in [-0.4, -0.2) is 0 Å². The van der Waals surface area contributed by atoms with Gasteiger partial charge in [0.1, 0.15) is 0 Å². The normalized spacial score (nSPS) is 16.0. The van der Waals surface area contributed by atoms with Gasteiger partial charge >= 0.3 is 0 Å². The zero-order valence-corrected chi connectivity index (χ0v) is 7.28. The minimum atomic E-state index is 0. The van der Waals surface area contributed by atoms with Crippen molar-refractivity contribution in [1.82, 2.24) is 0 Å². The first-order chi connectivity index (χ1) is 5.00. The second kappa shape index (κ2) is 7.58. The smallest absolute Gasteiger partial charge is 0 e. The Morgan fingerprint density at radius 2 is 0.818 bits per heavy atom. The quantitative estimate of drug-likeness (QED) is 0.522. The molecule has 0 heterocycles. The SMILES string of the molecule is C1=CCC=C1.C1=CCC=C1.[Cu]. The molecule has 1 radical (unpaired) electrons. The van der Waals surface area contributed by atoms with Crippen LogP contribution in [0.15, 0.2) is 48.6 Å².